The van der Waals surface area contributed by atoms with Crippen molar-refractivity contribution < 1.29 is 14.0 Å². The molecule has 2 fully saturated rings. The van der Waals surface area contributed by atoms with Crippen molar-refractivity contribution in [1.82, 2.24) is 10.2 Å². The van der Waals surface area contributed by atoms with Gasteiger partial charge >= 0.3 is 0 Å². The molecule has 0 aromatic carbocycles. The summed E-state index contributed by atoms with van der Waals surface area (Å²) < 4.78 is 5.16. The highest BCUT2D eigenvalue weighted by molar-refractivity contribution is 5.89. The molecule has 0 radical (unpaired) electrons. The average molecular weight is 262 g/mol. The number of carbonyl (C=O) groups is 2. The number of furan rings is 1. The minimum absolute atomic E-state index is 0.0495. The lowest BCUT2D eigenvalue weighted by Gasteiger charge is -2.34. The van der Waals surface area contributed by atoms with E-state index in [2.05, 4.69) is 5.32 Å². The summed E-state index contributed by atoms with van der Waals surface area (Å²) >= 11 is 0. The van der Waals surface area contributed by atoms with Crippen LogP contribution in [0.5, 0.6) is 0 Å². The van der Waals surface area contributed by atoms with Crippen LogP contribution in [0.15, 0.2) is 22.8 Å². The van der Waals surface area contributed by atoms with Crippen LogP contribution < -0.4 is 5.32 Å². The minimum Gasteiger partial charge on any atom is -0.467 e. The number of rotatable bonds is 4. The van der Waals surface area contributed by atoms with E-state index in [4.69, 9.17) is 4.42 Å². The molecule has 1 unspecified atom stereocenters. The smallest absolute Gasteiger partial charge is 0.225 e. The highest BCUT2D eigenvalue weighted by Crippen LogP contribution is 2.30. The van der Waals surface area contributed by atoms with Crippen LogP contribution in [0.4, 0.5) is 0 Å². The molecule has 1 aromatic rings. The molecule has 1 atom stereocenters. The molecule has 2 heterocycles. The van der Waals surface area contributed by atoms with Crippen molar-refractivity contribution in [3.05, 3.63) is 24.2 Å². The Labute approximate surface area is 111 Å². The van der Waals surface area contributed by atoms with Crippen LogP contribution in [-0.4, -0.2) is 29.3 Å². The van der Waals surface area contributed by atoms with Gasteiger partial charge in [0, 0.05) is 19.0 Å². The Morgan fingerprint density at radius 1 is 1.47 bits per heavy atom. The second kappa shape index (κ2) is 5.07. The summed E-state index contributed by atoms with van der Waals surface area (Å²) in [6.45, 7) is 0.966. The normalized spacial score (nSPS) is 23.5. The summed E-state index contributed by atoms with van der Waals surface area (Å²) in [6, 6.07) is 4.00. The van der Waals surface area contributed by atoms with Crippen molar-refractivity contribution in [2.24, 2.45) is 5.92 Å². The molecule has 1 aliphatic heterocycles. The second-order valence-electron chi connectivity index (χ2n) is 5.33. The lowest BCUT2D eigenvalue weighted by atomic mass is 9.92. The largest absolute Gasteiger partial charge is 0.467 e. The van der Waals surface area contributed by atoms with Crippen molar-refractivity contribution >= 4 is 11.8 Å². The highest BCUT2D eigenvalue weighted by Gasteiger charge is 2.39. The number of amides is 2. The van der Waals surface area contributed by atoms with Crippen LogP contribution in [0.2, 0.25) is 0 Å². The average Bonchev–Trinajstić information content (AvgIpc) is 2.95. The van der Waals surface area contributed by atoms with Crippen LogP contribution in [0.1, 0.15) is 31.4 Å². The summed E-state index contributed by atoms with van der Waals surface area (Å²) in [4.78, 5) is 25.8. The van der Waals surface area contributed by atoms with Crippen molar-refractivity contribution in [2.75, 3.05) is 6.54 Å². The zero-order chi connectivity index (χ0) is 13.2. The molecule has 102 valence electrons. The number of hydrogen-bond donors (Lipinski definition) is 1. The van der Waals surface area contributed by atoms with Gasteiger partial charge in [-0.2, -0.15) is 0 Å². The van der Waals surface area contributed by atoms with E-state index in [1.165, 1.54) is 6.42 Å². The van der Waals surface area contributed by atoms with Crippen LogP contribution in [0, 0.1) is 5.92 Å². The van der Waals surface area contributed by atoms with Gasteiger partial charge in [-0.15, -0.1) is 0 Å². The Bertz CT molecular complexity index is 465. The van der Waals surface area contributed by atoms with E-state index in [0.29, 0.717) is 25.6 Å². The third-order valence-electron chi connectivity index (χ3n) is 4.06. The first-order chi connectivity index (χ1) is 9.24. The molecular weight excluding hydrogens is 244 g/mol. The number of nitrogens with zero attached hydrogens (tertiary/aromatic N) is 1. The summed E-state index contributed by atoms with van der Waals surface area (Å²) in [5.41, 5.74) is 0. The molecule has 1 saturated carbocycles. The Morgan fingerprint density at radius 3 is 2.95 bits per heavy atom. The number of nitrogens with one attached hydrogen (secondary N) is 1. The highest BCUT2D eigenvalue weighted by atomic mass is 16.3. The molecule has 2 aliphatic rings. The van der Waals surface area contributed by atoms with Crippen LogP contribution in [-0.2, 0) is 16.1 Å². The maximum absolute atomic E-state index is 12.0. The fourth-order valence-corrected chi connectivity index (χ4v) is 2.69. The zero-order valence-electron chi connectivity index (χ0n) is 10.8. The standard InChI is InChI=1S/C14H18N2O3/c17-13-7-10(9-16(13)11-3-1-4-11)14(18)15-8-12-5-2-6-19-12/h2,5-6,10-11H,1,3-4,7-9H2,(H,15,18). The van der Waals surface area contributed by atoms with E-state index in [-0.39, 0.29) is 17.7 Å². The first-order valence-electron chi connectivity index (χ1n) is 6.83. The SMILES string of the molecule is O=C(NCc1ccco1)C1CC(=O)N(C2CCC2)C1. The van der Waals surface area contributed by atoms with E-state index in [1.807, 2.05) is 11.0 Å². The number of carbonyl (C=O) groups excluding carboxylic acids is 2. The van der Waals surface area contributed by atoms with Gasteiger partial charge in [0.05, 0.1) is 18.7 Å². The summed E-state index contributed by atoms with van der Waals surface area (Å²) in [7, 11) is 0. The summed E-state index contributed by atoms with van der Waals surface area (Å²) in [5.74, 6) is 0.603. The Morgan fingerprint density at radius 2 is 2.32 bits per heavy atom. The van der Waals surface area contributed by atoms with E-state index >= 15 is 0 Å². The van der Waals surface area contributed by atoms with E-state index in [1.54, 1.807) is 12.3 Å². The topological polar surface area (TPSA) is 62.6 Å². The fourth-order valence-electron chi connectivity index (χ4n) is 2.69. The molecule has 2 amide bonds. The molecular formula is C14H18N2O3. The van der Waals surface area contributed by atoms with Gasteiger partial charge < -0.3 is 14.6 Å². The number of hydrogen-bond acceptors (Lipinski definition) is 3. The van der Waals surface area contributed by atoms with Crippen molar-refractivity contribution in [3.8, 4) is 0 Å². The molecule has 0 bridgehead atoms. The fraction of sp³-hybridized carbons (Fsp3) is 0.571. The number of likely N-dealkylation sites (tertiary alicyclic amines) is 1. The molecule has 1 N–H and O–H groups in total. The van der Waals surface area contributed by atoms with Crippen molar-refractivity contribution in [1.29, 1.82) is 0 Å². The second-order valence-corrected chi connectivity index (χ2v) is 5.33. The quantitative estimate of drug-likeness (QED) is 0.889. The van der Waals surface area contributed by atoms with Crippen LogP contribution in [0.25, 0.3) is 0 Å². The molecule has 5 nitrogen and oxygen atoms in total. The van der Waals surface area contributed by atoms with Gasteiger partial charge in [0.2, 0.25) is 11.8 Å². The van der Waals surface area contributed by atoms with Gasteiger partial charge in [-0.05, 0) is 31.4 Å². The predicted octanol–water partition coefficient (Wildman–Crippen LogP) is 1.30. The maximum Gasteiger partial charge on any atom is 0.225 e. The zero-order valence-corrected chi connectivity index (χ0v) is 10.8. The molecule has 1 saturated heterocycles. The van der Waals surface area contributed by atoms with Gasteiger partial charge in [0.15, 0.2) is 0 Å². The predicted molar refractivity (Wildman–Crippen MR) is 68.0 cm³/mol. The summed E-state index contributed by atoms with van der Waals surface area (Å²) in [6.07, 6.45) is 5.31. The van der Waals surface area contributed by atoms with Crippen molar-refractivity contribution in [2.45, 2.75) is 38.3 Å². The third kappa shape index (κ3) is 2.50. The Hall–Kier alpha value is -1.78. The molecule has 3 rings (SSSR count). The molecule has 1 aromatic heterocycles. The molecule has 5 heteroatoms. The van der Waals surface area contributed by atoms with Gasteiger partial charge in [-0.25, -0.2) is 0 Å². The van der Waals surface area contributed by atoms with Gasteiger partial charge in [-0.1, -0.05) is 0 Å². The van der Waals surface area contributed by atoms with Crippen LogP contribution in [0.3, 0.4) is 0 Å². The lowest BCUT2D eigenvalue weighted by Crippen LogP contribution is -2.42. The van der Waals surface area contributed by atoms with E-state index in [9.17, 15) is 9.59 Å². The minimum atomic E-state index is -0.205. The molecule has 0 spiro atoms. The first-order valence-corrected chi connectivity index (χ1v) is 6.83. The lowest BCUT2D eigenvalue weighted by molar-refractivity contribution is -0.131. The third-order valence-corrected chi connectivity index (χ3v) is 4.06. The summed E-state index contributed by atoms with van der Waals surface area (Å²) in [5, 5.41) is 2.83. The monoisotopic (exact) mass is 262 g/mol. The van der Waals surface area contributed by atoms with Gasteiger partial charge in [-0.3, -0.25) is 9.59 Å². The molecule has 1 aliphatic carbocycles. The van der Waals surface area contributed by atoms with Crippen LogP contribution >= 0.6 is 0 Å². The van der Waals surface area contributed by atoms with Crippen molar-refractivity contribution in [3.63, 3.8) is 0 Å². The van der Waals surface area contributed by atoms with E-state index in [0.717, 1.165) is 18.6 Å². The first kappa shape index (κ1) is 12.3. The van der Waals surface area contributed by atoms with E-state index < -0.39 is 0 Å². The Balaban J connectivity index is 1.51. The molecule has 19 heavy (non-hydrogen) atoms. The van der Waals surface area contributed by atoms with Gasteiger partial charge in [0.25, 0.3) is 0 Å². The van der Waals surface area contributed by atoms with Gasteiger partial charge in [0.1, 0.15) is 5.76 Å². The maximum atomic E-state index is 12.0. The Kier molecular flexibility index (Phi) is 3.27.